The summed E-state index contributed by atoms with van der Waals surface area (Å²) in [5, 5.41) is 7.42. The van der Waals surface area contributed by atoms with Crippen molar-refractivity contribution in [3.05, 3.63) is 422 Å². The highest BCUT2D eigenvalue weighted by Gasteiger charge is 2.43. The molecule has 120 heavy (non-hydrogen) atoms. The van der Waals surface area contributed by atoms with Crippen LogP contribution in [0.2, 0.25) is 0 Å². The van der Waals surface area contributed by atoms with E-state index in [9.17, 15) is 0 Å². The van der Waals surface area contributed by atoms with Gasteiger partial charge < -0.3 is 18.9 Å². The highest BCUT2D eigenvalue weighted by Crippen LogP contribution is 2.54. The van der Waals surface area contributed by atoms with E-state index in [2.05, 4.69) is 462 Å². The first-order valence-corrected chi connectivity index (χ1v) is 42.8. The average Bonchev–Trinajstić information content (AvgIpc) is 1.39. The third kappa shape index (κ3) is 13.0. The highest BCUT2D eigenvalue weighted by molar-refractivity contribution is 6.12. The van der Waals surface area contributed by atoms with Gasteiger partial charge in [-0.25, -0.2) is 0 Å². The SMILES string of the molecule is CC1(C)CCC(C)(C)c2c(-c3ccc(-n4c5ccccc5c5ccc(N(c6ccc(-c7ccccc7)cc6)c6ccc(-c7cccc(CC8(C)CCC(C)(C)c9c(-n%10c%11ccccc%11c%11ccc(-c%12ccc(N(c%13ccc(-c%14ccccc%14)cc%13)c%13ccccc%13-c%13ccc%14ccccc%14c%13)cc%12)cc%11%10)cccc98)c7)cc6)cc54)cc3)cccc21. The summed E-state index contributed by atoms with van der Waals surface area (Å²) < 4.78 is 5.07. The molecule has 2 aliphatic carbocycles. The van der Waals surface area contributed by atoms with Crippen LogP contribution in [0.1, 0.15) is 102 Å². The molecule has 17 aromatic carbocycles. The van der Waals surface area contributed by atoms with Crippen LogP contribution in [-0.4, -0.2) is 9.13 Å². The second-order valence-electron chi connectivity index (χ2n) is 35.9. The minimum atomic E-state index is -0.146. The standard InChI is InChI=1S/C116H96N4/c1-113(2)69-70-114(3,4)111-98(36-23-37-103(111)113)86-53-64-95(65-54-86)119-106-40-20-17-34-99(106)102-68-66-96(76-110(102)119)117(91-56-45-82(46-57-91)79-26-10-8-11-27-79)92-58-49-84(50-59-92)87-32-22-25-78(73-87)77-116(7)72-71-115(5,6)112-104(116)38-24-42-108(112)120-107-41-21-18-35-100(107)101-67-55-89(75-109(101)120)85-51-62-94(63-52-85)118(93-60-47-83(48-61-93)80-28-12-9-13-29-80)105-39-19-16-33-97(105)90-44-43-81-30-14-15-31-88(81)74-90/h8-68,73-76H,69-72,77H2,1-7H3. The van der Waals surface area contributed by atoms with Crippen LogP contribution < -0.4 is 9.80 Å². The molecule has 2 heterocycles. The van der Waals surface area contributed by atoms with Crippen LogP contribution >= 0.6 is 0 Å². The minimum Gasteiger partial charge on any atom is -0.310 e. The zero-order chi connectivity index (χ0) is 81.0. The molecule has 0 aliphatic heterocycles. The summed E-state index contributed by atoms with van der Waals surface area (Å²) >= 11 is 0. The first-order valence-electron chi connectivity index (χ1n) is 42.8. The lowest BCUT2D eigenvalue weighted by Crippen LogP contribution is -2.38. The molecule has 1 unspecified atom stereocenters. The van der Waals surface area contributed by atoms with Crippen molar-refractivity contribution in [2.24, 2.45) is 0 Å². The van der Waals surface area contributed by atoms with Crippen molar-refractivity contribution in [3.63, 3.8) is 0 Å². The van der Waals surface area contributed by atoms with Gasteiger partial charge in [0.25, 0.3) is 0 Å². The summed E-state index contributed by atoms with van der Waals surface area (Å²) in [5.41, 5.74) is 35.4. The van der Waals surface area contributed by atoms with Gasteiger partial charge in [-0.3, -0.25) is 0 Å². The number of nitrogens with zero attached hydrogens (tertiary/aromatic N) is 4. The van der Waals surface area contributed by atoms with E-state index in [1.807, 2.05) is 0 Å². The minimum absolute atomic E-state index is 0.0843. The molecule has 1 atom stereocenters. The van der Waals surface area contributed by atoms with Gasteiger partial charge in [0.1, 0.15) is 0 Å². The largest absolute Gasteiger partial charge is 0.310 e. The molecule has 0 spiro atoms. The molecule has 0 saturated carbocycles. The Morgan fingerprint density at radius 2 is 0.683 bits per heavy atom. The maximum absolute atomic E-state index is 2.60. The van der Waals surface area contributed by atoms with Crippen LogP contribution in [0.5, 0.6) is 0 Å². The summed E-state index contributed by atoms with van der Waals surface area (Å²) in [5.74, 6) is 0. The van der Waals surface area contributed by atoms with Gasteiger partial charge in [-0.15, -0.1) is 0 Å². The number of para-hydroxylation sites is 3. The van der Waals surface area contributed by atoms with Crippen LogP contribution in [0, 0.1) is 0 Å². The van der Waals surface area contributed by atoms with E-state index in [0.29, 0.717) is 0 Å². The Morgan fingerprint density at radius 1 is 0.250 bits per heavy atom. The first-order chi connectivity index (χ1) is 58.6. The normalized spacial score (nSPS) is 15.3. The Hall–Kier alpha value is -13.8. The molecule has 580 valence electrons. The predicted octanol–water partition coefficient (Wildman–Crippen LogP) is 31.9. The lowest BCUT2D eigenvalue weighted by atomic mass is 9.60. The van der Waals surface area contributed by atoms with E-state index in [-0.39, 0.29) is 21.7 Å². The lowest BCUT2D eigenvalue weighted by Gasteiger charge is -2.45. The Bertz CT molecular complexity index is 7120. The molecule has 0 fully saturated rings. The van der Waals surface area contributed by atoms with Crippen molar-refractivity contribution in [2.45, 2.75) is 102 Å². The summed E-state index contributed by atoms with van der Waals surface area (Å²) in [6, 6.07) is 148. The molecule has 0 saturated heterocycles. The molecule has 4 heteroatoms. The summed E-state index contributed by atoms with van der Waals surface area (Å²) in [7, 11) is 0. The first kappa shape index (κ1) is 73.8. The van der Waals surface area contributed by atoms with Gasteiger partial charge in [0, 0.05) is 61.2 Å². The van der Waals surface area contributed by atoms with Crippen LogP contribution in [0.25, 0.3) is 133 Å². The fourth-order valence-corrected chi connectivity index (χ4v) is 20.4. The molecule has 2 aromatic heterocycles. The summed E-state index contributed by atoms with van der Waals surface area (Å²) in [6.07, 6.45) is 5.40. The number of fused-ring (bicyclic) bond motifs is 9. The molecule has 4 nitrogen and oxygen atoms in total. The number of rotatable bonds is 16. The van der Waals surface area contributed by atoms with E-state index >= 15 is 0 Å². The predicted molar refractivity (Wildman–Crippen MR) is 510 cm³/mol. The zero-order valence-electron chi connectivity index (χ0n) is 69.4. The van der Waals surface area contributed by atoms with Crippen LogP contribution in [0.15, 0.2) is 394 Å². The molecule has 21 rings (SSSR count). The molecule has 0 amide bonds. The second kappa shape index (κ2) is 29.4. The van der Waals surface area contributed by atoms with Crippen LogP contribution in [0.4, 0.5) is 34.1 Å². The maximum Gasteiger partial charge on any atom is 0.0561 e. The Kier molecular flexibility index (Phi) is 18.1. The van der Waals surface area contributed by atoms with Crippen molar-refractivity contribution in [1.82, 2.24) is 9.13 Å². The van der Waals surface area contributed by atoms with Crippen molar-refractivity contribution < 1.29 is 0 Å². The van der Waals surface area contributed by atoms with Gasteiger partial charge in [0.2, 0.25) is 0 Å². The quantitative estimate of drug-likeness (QED) is 0.0959. The van der Waals surface area contributed by atoms with Gasteiger partial charge in [0.15, 0.2) is 0 Å². The zero-order valence-corrected chi connectivity index (χ0v) is 69.4. The van der Waals surface area contributed by atoms with Crippen LogP contribution in [-0.2, 0) is 28.1 Å². The topological polar surface area (TPSA) is 16.3 Å². The Morgan fingerprint density at radius 3 is 1.33 bits per heavy atom. The van der Waals surface area contributed by atoms with E-state index in [1.54, 1.807) is 0 Å². The molecule has 0 N–H and O–H groups in total. The summed E-state index contributed by atoms with van der Waals surface area (Å²) in [4.78, 5) is 4.86. The number of hydrogen-bond donors (Lipinski definition) is 0. The third-order valence-electron chi connectivity index (χ3n) is 26.9. The van der Waals surface area contributed by atoms with Gasteiger partial charge in [-0.2, -0.15) is 0 Å². The van der Waals surface area contributed by atoms with Gasteiger partial charge in [-0.05, 0) is 263 Å². The van der Waals surface area contributed by atoms with Gasteiger partial charge in [0.05, 0.1) is 33.4 Å². The lowest BCUT2D eigenvalue weighted by molar-refractivity contribution is 0.310. The van der Waals surface area contributed by atoms with Crippen molar-refractivity contribution >= 4 is 88.5 Å². The van der Waals surface area contributed by atoms with Crippen molar-refractivity contribution in [3.8, 4) is 78.1 Å². The number of benzene rings is 17. The van der Waals surface area contributed by atoms with Gasteiger partial charge in [-0.1, -0.05) is 334 Å². The Labute approximate surface area is 705 Å². The third-order valence-corrected chi connectivity index (χ3v) is 26.9. The fourth-order valence-electron chi connectivity index (χ4n) is 20.4. The number of aromatic nitrogens is 2. The smallest absolute Gasteiger partial charge is 0.0561 e. The number of anilines is 6. The van der Waals surface area contributed by atoms with Gasteiger partial charge >= 0.3 is 0 Å². The van der Waals surface area contributed by atoms with Crippen LogP contribution in [0.3, 0.4) is 0 Å². The molecular formula is C116H96N4. The molecule has 0 radical (unpaired) electrons. The van der Waals surface area contributed by atoms with E-state index in [1.165, 1.54) is 156 Å². The van der Waals surface area contributed by atoms with Crippen molar-refractivity contribution in [2.75, 3.05) is 9.80 Å². The fraction of sp³-hybridized carbons (Fsp3) is 0.138. The second-order valence-corrected chi connectivity index (χ2v) is 35.9. The summed E-state index contributed by atoms with van der Waals surface area (Å²) in [6.45, 7) is 17.2. The highest BCUT2D eigenvalue weighted by atomic mass is 15.2. The maximum atomic E-state index is 2.60. The molecule has 0 bridgehead atoms. The molecule has 19 aromatic rings. The average molecular weight is 1550 g/mol. The van der Waals surface area contributed by atoms with E-state index in [0.717, 1.165) is 70.2 Å². The molecular weight excluding hydrogens is 1450 g/mol. The van der Waals surface area contributed by atoms with E-state index in [4.69, 9.17) is 0 Å². The molecule has 2 aliphatic rings. The number of hydrogen-bond acceptors (Lipinski definition) is 2. The van der Waals surface area contributed by atoms with E-state index < -0.39 is 0 Å². The monoisotopic (exact) mass is 1540 g/mol. The van der Waals surface area contributed by atoms with Crippen molar-refractivity contribution in [1.29, 1.82) is 0 Å². The Balaban J connectivity index is 0.604.